The number of ether oxygens (including phenoxy) is 1. The summed E-state index contributed by atoms with van der Waals surface area (Å²) in [6.45, 7) is 0. The van der Waals surface area contributed by atoms with Crippen LogP contribution in [-0.2, 0) is 4.74 Å². The molecule has 2 aromatic heterocycles. The zero-order valence-corrected chi connectivity index (χ0v) is 12.0. The Hall–Kier alpha value is -2.87. The molecule has 0 amide bonds. The van der Waals surface area contributed by atoms with Crippen molar-refractivity contribution in [1.29, 1.82) is 0 Å². The summed E-state index contributed by atoms with van der Waals surface area (Å²) in [5.41, 5.74) is 0.897. The molecule has 0 aliphatic heterocycles. The first-order valence-corrected chi connectivity index (χ1v) is 6.66. The van der Waals surface area contributed by atoms with E-state index in [0.717, 1.165) is 0 Å². The number of hydrogen-bond acceptors (Lipinski definition) is 6. The zero-order valence-electron chi connectivity index (χ0n) is 12.0. The molecule has 3 rings (SSSR count). The van der Waals surface area contributed by atoms with Gasteiger partial charge in [-0.3, -0.25) is 0 Å². The average molecular weight is 315 g/mol. The zero-order chi connectivity index (χ0) is 16.4. The first-order chi connectivity index (χ1) is 11.1. The van der Waals surface area contributed by atoms with E-state index in [0.29, 0.717) is 16.4 Å². The first kappa shape index (κ1) is 15.0. The maximum atomic E-state index is 13.0. The number of pyridine rings is 1. The van der Waals surface area contributed by atoms with Gasteiger partial charge >= 0.3 is 13.1 Å². The van der Waals surface area contributed by atoms with Crippen molar-refractivity contribution in [2.75, 3.05) is 7.11 Å². The maximum Gasteiger partial charge on any atom is 0.562 e. The average Bonchev–Trinajstić information content (AvgIpc) is 3.02. The van der Waals surface area contributed by atoms with E-state index in [2.05, 4.69) is 9.72 Å². The Bertz CT molecular complexity index is 866. The monoisotopic (exact) mass is 315 g/mol. The van der Waals surface area contributed by atoms with E-state index in [1.165, 1.54) is 25.3 Å². The van der Waals surface area contributed by atoms with Crippen molar-refractivity contribution in [3.05, 3.63) is 54.2 Å². The van der Waals surface area contributed by atoms with Gasteiger partial charge in [0.05, 0.1) is 12.6 Å². The van der Waals surface area contributed by atoms with Gasteiger partial charge in [0.15, 0.2) is 0 Å². The second-order valence-electron chi connectivity index (χ2n) is 4.67. The topological polar surface area (TPSA) is 81.8 Å². The minimum atomic E-state index is -1.32. The Kier molecular flexibility index (Phi) is 3.99. The highest BCUT2D eigenvalue weighted by Crippen LogP contribution is 2.17. The van der Waals surface area contributed by atoms with Crippen LogP contribution < -0.4 is 10.1 Å². The predicted molar refractivity (Wildman–Crippen MR) is 80.0 cm³/mol. The van der Waals surface area contributed by atoms with E-state index in [-0.39, 0.29) is 11.7 Å². The lowest BCUT2D eigenvalue weighted by molar-refractivity contribution is 0.0560. The first-order valence-electron chi connectivity index (χ1n) is 6.66. The van der Waals surface area contributed by atoms with Crippen LogP contribution in [0.5, 0.6) is 5.95 Å². The summed E-state index contributed by atoms with van der Waals surface area (Å²) in [4.78, 5) is 15.0. The molecule has 116 valence electrons. The minimum Gasteiger partial charge on any atom is -0.505 e. The highest BCUT2D eigenvalue weighted by molar-refractivity contribution is 6.60. The molecule has 0 saturated heterocycles. The van der Waals surface area contributed by atoms with Crippen LogP contribution >= 0.6 is 0 Å². The molecular weight excluding hydrogens is 304 g/mol. The summed E-state index contributed by atoms with van der Waals surface area (Å²) in [5.74, 6) is -1.29. The molecule has 6 nitrogen and oxygen atoms in total. The van der Waals surface area contributed by atoms with Crippen molar-refractivity contribution in [2.45, 2.75) is 0 Å². The molecule has 0 aliphatic carbocycles. The van der Waals surface area contributed by atoms with Crippen molar-refractivity contribution >= 4 is 29.5 Å². The largest absolute Gasteiger partial charge is 0.562 e. The van der Waals surface area contributed by atoms with Gasteiger partial charge in [-0.15, -0.1) is 0 Å². The van der Waals surface area contributed by atoms with Gasteiger partial charge in [-0.25, -0.2) is 9.78 Å². The quantitative estimate of drug-likeness (QED) is 0.446. The van der Waals surface area contributed by atoms with Crippen LogP contribution in [0.25, 0.3) is 10.9 Å². The fourth-order valence-corrected chi connectivity index (χ4v) is 2.04. The van der Waals surface area contributed by atoms with Crippen molar-refractivity contribution in [3.63, 3.8) is 0 Å². The minimum absolute atomic E-state index is 0.0322. The molecule has 0 atom stereocenters. The number of furan rings is 1. The Labute approximate surface area is 130 Å². The highest BCUT2D eigenvalue weighted by atomic mass is 19.1. The van der Waals surface area contributed by atoms with Crippen LogP contribution in [0.1, 0.15) is 10.6 Å². The number of carbonyl (C=O) groups is 1. The molecular formula is C15H11BFNO5. The fraction of sp³-hybridized carbons (Fsp3) is 0.0667. The number of carbonyl (C=O) groups excluding carboxylic acids is 1. The third-order valence-electron chi connectivity index (χ3n) is 3.16. The standard InChI is InChI=1S/C15H11BFNO5/c1-21-15(19)12-5-7-14(22-12)23-16(20)10-3-4-11-9(8-10)2-6-13(17)18-11/h2-8,20H,1H3. The second kappa shape index (κ2) is 6.09. The molecule has 0 spiro atoms. The number of fused-ring (bicyclic) bond motifs is 1. The molecule has 0 bridgehead atoms. The van der Waals surface area contributed by atoms with Gasteiger partial charge in [-0.2, -0.15) is 4.39 Å². The van der Waals surface area contributed by atoms with Gasteiger partial charge in [0.25, 0.3) is 5.95 Å². The number of esters is 1. The number of hydrogen-bond donors (Lipinski definition) is 1. The lowest BCUT2D eigenvalue weighted by Crippen LogP contribution is -2.36. The lowest BCUT2D eigenvalue weighted by atomic mass is 9.79. The molecule has 2 heterocycles. The maximum absolute atomic E-state index is 13.0. The Balaban J connectivity index is 1.80. The molecule has 23 heavy (non-hydrogen) atoms. The van der Waals surface area contributed by atoms with Gasteiger partial charge in [0, 0.05) is 11.5 Å². The molecule has 0 saturated carbocycles. The third kappa shape index (κ3) is 3.16. The van der Waals surface area contributed by atoms with Crippen molar-refractivity contribution < 1.29 is 28.0 Å². The fourth-order valence-electron chi connectivity index (χ4n) is 2.04. The van der Waals surface area contributed by atoms with Gasteiger partial charge in [-0.05, 0) is 29.7 Å². The van der Waals surface area contributed by atoms with Crippen LogP contribution in [0.15, 0.2) is 46.9 Å². The lowest BCUT2D eigenvalue weighted by Gasteiger charge is -2.08. The summed E-state index contributed by atoms with van der Waals surface area (Å²) >= 11 is 0. The Morgan fingerprint density at radius 1 is 1.26 bits per heavy atom. The summed E-state index contributed by atoms with van der Waals surface area (Å²) in [6, 6.07) is 10.3. The summed E-state index contributed by atoms with van der Waals surface area (Å²) in [6.07, 6.45) is 0. The van der Waals surface area contributed by atoms with E-state index < -0.39 is 19.0 Å². The molecule has 0 fully saturated rings. The van der Waals surface area contributed by atoms with Crippen molar-refractivity contribution in [3.8, 4) is 5.95 Å². The van der Waals surface area contributed by atoms with Gasteiger partial charge in [0.2, 0.25) is 11.7 Å². The number of benzene rings is 1. The van der Waals surface area contributed by atoms with Crippen molar-refractivity contribution in [1.82, 2.24) is 4.98 Å². The molecule has 1 N–H and O–H groups in total. The van der Waals surface area contributed by atoms with Crippen LogP contribution in [0, 0.1) is 5.95 Å². The number of aromatic nitrogens is 1. The third-order valence-corrected chi connectivity index (χ3v) is 3.16. The molecule has 0 radical (unpaired) electrons. The van der Waals surface area contributed by atoms with Crippen LogP contribution in [0.3, 0.4) is 0 Å². The highest BCUT2D eigenvalue weighted by Gasteiger charge is 2.22. The second-order valence-corrected chi connectivity index (χ2v) is 4.67. The number of nitrogens with zero attached hydrogens (tertiary/aromatic N) is 1. The molecule has 0 aliphatic rings. The van der Waals surface area contributed by atoms with Gasteiger partial charge in [-0.1, -0.05) is 12.1 Å². The SMILES string of the molecule is COC(=O)c1ccc(OB(O)c2ccc3nc(F)ccc3c2)o1. The van der Waals surface area contributed by atoms with Crippen molar-refractivity contribution in [2.24, 2.45) is 0 Å². The van der Waals surface area contributed by atoms with Crippen LogP contribution in [0.4, 0.5) is 4.39 Å². The van der Waals surface area contributed by atoms with Gasteiger partial charge in [0.1, 0.15) is 0 Å². The Morgan fingerprint density at radius 3 is 2.87 bits per heavy atom. The van der Waals surface area contributed by atoms with E-state index in [9.17, 15) is 14.2 Å². The van der Waals surface area contributed by atoms with E-state index in [4.69, 9.17) is 9.07 Å². The van der Waals surface area contributed by atoms with Crippen LogP contribution in [-0.4, -0.2) is 30.2 Å². The smallest absolute Gasteiger partial charge is 0.505 e. The summed E-state index contributed by atoms with van der Waals surface area (Å²) in [7, 11) is -0.0901. The summed E-state index contributed by atoms with van der Waals surface area (Å²) in [5, 5.41) is 10.8. The molecule has 8 heteroatoms. The predicted octanol–water partition coefficient (Wildman–Crippen LogP) is 1.52. The van der Waals surface area contributed by atoms with E-state index in [1.807, 2.05) is 0 Å². The van der Waals surface area contributed by atoms with Crippen LogP contribution in [0.2, 0.25) is 0 Å². The molecule has 1 aromatic carbocycles. The number of halogens is 1. The van der Waals surface area contributed by atoms with E-state index >= 15 is 0 Å². The van der Waals surface area contributed by atoms with Gasteiger partial charge < -0.3 is 18.8 Å². The Morgan fingerprint density at radius 2 is 2.09 bits per heavy atom. The summed E-state index contributed by atoms with van der Waals surface area (Å²) < 4.78 is 27.9. The number of rotatable bonds is 4. The molecule has 3 aromatic rings. The normalized spacial score (nSPS) is 10.6. The molecule has 0 unspecified atom stereocenters. The number of methoxy groups -OCH3 is 1. The van der Waals surface area contributed by atoms with E-state index in [1.54, 1.807) is 24.3 Å².